The molecule has 4 nitrogen and oxygen atoms in total. The summed E-state index contributed by atoms with van der Waals surface area (Å²) in [7, 11) is 1.46. The topological polar surface area (TPSA) is 50.4 Å². The molecular weight excluding hydrogens is 321 g/mol. The summed E-state index contributed by atoms with van der Waals surface area (Å²) in [6.45, 7) is 1.34. The van der Waals surface area contributed by atoms with Crippen molar-refractivity contribution in [2.75, 3.05) is 17.7 Å². The Morgan fingerprint density at radius 1 is 1.17 bits per heavy atom. The SMILES string of the molecule is COc1ccc(NC(C)=O)cc1NCc1ccccc1C(F)(F)F. The van der Waals surface area contributed by atoms with Crippen LogP contribution in [-0.4, -0.2) is 13.0 Å². The van der Waals surface area contributed by atoms with E-state index in [0.717, 1.165) is 6.07 Å². The van der Waals surface area contributed by atoms with E-state index in [1.165, 1.54) is 26.2 Å². The van der Waals surface area contributed by atoms with Gasteiger partial charge in [0.1, 0.15) is 5.75 Å². The zero-order valence-electron chi connectivity index (χ0n) is 13.2. The highest BCUT2D eigenvalue weighted by Gasteiger charge is 2.32. The van der Waals surface area contributed by atoms with Crippen LogP contribution in [-0.2, 0) is 17.5 Å². The summed E-state index contributed by atoms with van der Waals surface area (Å²) in [6, 6.07) is 10.2. The zero-order valence-corrected chi connectivity index (χ0v) is 13.2. The molecule has 0 aliphatic heterocycles. The largest absolute Gasteiger partial charge is 0.495 e. The van der Waals surface area contributed by atoms with E-state index in [2.05, 4.69) is 10.6 Å². The number of nitrogens with one attached hydrogen (secondary N) is 2. The van der Waals surface area contributed by atoms with Gasteiger partial charge in [-0.2, -0.15) is 13.2 Å². The van der Waals surface area contributed by atoms with Crippen molar-refractivity contribution < 1.29 is 22.7 Å². The highest BCUT2D eigenvalue weighted by molar-refractivity contribution is 5.89. The van der Waals surface area contributed by atoms with Crippen molar-refractivity contribution in [1.29, 1.82) is 0 Å². The first-order valence-electron chi connectivity index (χ1n) is 7.16. The van der Waals surface area contributed by atoms with Crippen molar-refractivity contribution >= 4 is 17.3 Å². The molecule has 0 radical (unpaired) electrons. The summed E-state index contributed by atoms with van der Waals surface area (Å²) in [5, 5.41) is 5.55. The van der Waals surface area contributed by atoms with Gasteiger partial charge < -0.3 is 15.4 Å². The molecule has 128 valence electrons. The number of halogens is 3. The molecule has 1 amide bonds. The van der Waals surface area contributed by atoms with Crippen molar-refractivity contribution in [3.8, 4) is 5.75 Å². The second-order valence-electron chi connectivity index (χ2n) is 5.10. The Balaban J connectivity index is 2.24. The molecule has 7 heteroatoms. The molecule has 0 bridgehead atoms. The van der Waals surface area contributed by atoms with Gasteiger partial charge in [-0.05, 0) is 29.8 Å². The van der Waals surface area contributed by atoms with Crippen molar-refractivity contribution in [2.45, 2.75) is 19.6 Å². The van der Waals surface area contributed by atoms with Gasteiger partial charge in [-0.3, -0.25) is 4.79 Å². The molecule has 0 saturated carbocycles. The number of ether oxygens (including phenoxy) is 1. The highest BCUT2D eigenvalue weighted by Crippen LogP contribution is 2.33. The van der Waals surface area contributed by atoms with Crippen LogP contribution in [0.15, 0.2) is 42.5 Å². The van der Waals surface area contributed by atoms with E-state index < -0.39 is 11.7 Å². The van der Waals surface area contributed by atoms with E-state index in [1.54, 1.807) is 24.3 Å². The number of methoxy groups -OCH3 is 1. The number of anilines is 2. The van der Waals surface area contributed by atoms with E-state index in [9.17, 15) is 18.0 Å². The molecule has 0 unspecified atom stereocenters. The summed E-state index contributed by atoms with van der Waals surface area (Å²) in [4.78, 5) is 11.1. The van der Waals surface area contributed by atoms with Gasteiger partial charge in [-0.1, -0.05) is 18.2 Å². The minimum Gasteiger partial charge on any atom is -0.495 e. The Kier molecular flexibility index (Phi) is 5.33. The third-order valence-corrected chi connectivity index (χ3v) is 3.31. The highest BCUT2D eigenvalue weighted by atomic mass is 19.4. The fourth-order valence-electron chi connectivity index (χ4n) is 2.27. The van der Waals surface area contributed by atoms with E-state index in [-0.39, 0.29) is 18.0 Å². The molecule has 0 spiro atoms. The van der Waals surface area contributed by atoms with Gasteiger partial charge in [0.05, 0.1) is 18.4 Å². The fourth-order valence-corrected chi connectivity index (χ4v) is 2.27. The van der Waals surface area contributed by atoms with Gasteiger partial charge in [-0.25, -0.2) is 0 Å². The minimum atomic E-state index is -4.42. The van der Waals surface area contributed by atoms with Crippen LogP contribution in [0.5, 0.6) is 5.75 Å². The molecule has 0 atom stereocenters. The first-order chi connectivity index (χ1) is 11.3. The van der Waals surface area contributed by atoms with E-state index in [4.69, 9.17) is 4.74 Å². The fraction of sp³-hybridized carbons (Fsp3) is 0.235. The lowest BCUT2D eigenvalue weighted by Crippen LogP contribution is -2.12. The predicted molar refractivity (Wildman–Crippen MR) is 86.1 cm³/mol. The number of alkyl halides is 3. The number of hydrogen-bond donors (Lipinski definition) is 2. The third-order valence-electron chi connectivity index (χ3n) is 3.31. The number of carbonyl (C=O) groups is 1. The lowest BCUT2D eigenvalue weighted by atomic mass is 10.1. The van der Waals surface area contributed by atoms with Crippen LogP contribution >= 0.6 is 0 Å². The summed E-state index contributed by atoms with van der Waals surface area (Å²) >= 11 is 0. The Hall–Kier alpha value is -2.70. The van der Waals surface area contributed by atoms with Crippen molar-refractivity contribution in [3.63, 3.8) is 0 Å². The average Bonchev–Trinajstić information content (AvgIpc) is 2.52. The number of carbonyl (C=O) groups excluding carboxylic acids is 1. The Bertz CT molecular complexity index is 730. The van der Waals surface area contributed by atoms with E-state index in [1.807, 2.05) is 0 Å². The van der Waals surface area contributed by atoms with E-state index >= 15 is 0 Å². The summed E-state index contributed by atoms with van der Waals surface area (Å²) in [6.07, 6.45) is -4.42. The summed E-state index contributed by atoms with van der Waals surface area (Å²) in [5.41, 5.74) is 0.446. The second-order valence-corrected chi connectivity index (χ2v) is 5.10. The smallest absolute Gasteiger partial charge is 0.416 e. The molecule has 2 aromatic carbocycles. The maximum absolute atomic E-state index is 13.0. The molecule has 0 heterocycles. The van der Waals surface area contributed by atoms with Gasteiger partial charge in [0.15, 0.2) is 0 Å². The van der Waals surface area contributed by atoms with Crippen LogP contribution in [0.1, 0.15) is 18.1 Å². The molecule has 2 N–H and O–H groups in total. The first-order valence-corrected chi connectivity index (χ1v) is 7.16. The summed E-state index contributed by atoms with van der Waals surface area (Å²) < 4.78 is 44.3. The predicted octanol–water partition coefficient (Wildman–Crippen LogP) is 4.28. The van der Waals surface area contributed by atoms with Gasteiger partial charge in [0.2, 0.25) is 5.91 Å². The molecule has 24 heavy (non-hydrogen) atoms. The van der Waals surface area contributed by atoms with Gasteiger partial charge in [-0.15, -0.1) is 0 Å². The first kappa shape index (κ1) is 17.7. The minimum absolute atomic E-state index is 0.0322. The van der Waals surface area contributed by atoms with E-state index in [0.29, 0.717) is 17.1 Å². The van der Waals surface area contributed by atoms with Crippen LogP contribution in [0, 0.1) is 0 Å². The quantitative estimate of drug-likeness (QED) is 0.855. The molecule has 2 aromatic rings. The number of rotatable bonds is 5. The maximum Gasteiger partial charge on any atom is 0.416 e. The van der Waals surface area contributed by atoms with Crippen molar-refractivity contribution in [3.05, 3.63) is 53.6 Å². The van der Waals surface area contributed by atoms with Crippen LogP contribution in [0.2, 0.25) is 0 Å². The lowest BCUT2D eigenvalue weighted by Gasteiger charge is -2.16. The third kappa shape index (κ3) is 4.41. The maximum atomic E-state index is 13.0. The molecule has 0 saturated heterocycles. The zero-order chi connectivity index (χ0) is 17.7. The van der Waals surface area contributed by atoms with Crippen LogP contribution in [0.25, 0.3) is 0 Å². The monoisotopic (exact) mass is 338 g/mol. The molecule has 0 aromatic heterocycles. The standard InChI is InChI=1S/C17H17F3N2O2/c1-11(23)22-13-7-8-16(24-2)15(9-13)21-10-12-5-3-4-6-14(12)17(18,19)20/h3-9,21H,10H2,1-2H3,(H,22,23). The Morgan fingerprint density at radius 3 is 2.50 bits per heavy atom. The van der Waals surface area contributed by atoms with Gasteiger partial charge >= 0.3 is 6.18 Å². The van der Waals surface area contributed by atoms with Crippen LogP contribution in [0.4, 0.5) is 24.5 Å². The number of hydrogen-bond acceptors (Lipinski definition) is 3. The molecule has 0 fully saturated rings. The average molecular weight is 338 g/mol. The summed E-state index contributed by atoms with van der Waals surface area (Å²) in [5.74, 6) is 0.224. The number of benzene rings is 2. The lowest BCUT2D eigenvalue weighted by molar-refractivity contribution is -0.138. The molecular formula is C17H17F3N2O2. The molecule has 0 aliphatic rings. The molecule has 2 rings (SSSR count). The van der Waals surface area contributed by atoms with Crippen LogP contribution in [0.3, 0.4) is 0 Å². The Labute approximate surface area is 137 Å². The normalized spacial score (nSPS) is 11.0. The second kappa shape index (κ2) is 7.25. The molecule has 0 aliphatic carbocycles. The number of amides is 1. The van der Waals surface area contributed by atoms with Gasteiger partial charge in [0, 0.05) is 19.2 Å². The van der Waals surface area contributed by atoms with Crippen molar-refractivity contribution in [1.82, 2.24) is 0 Å². The van der Waals surface area contributed by atoms with Gasteiger partial charge in [0.25, 0.3) is 0 Å². The van der Waals surface area contributed by atoms with Crippen molar-refractivity contribution in [2.24, 2.45) is 0 Å². The Morgan fingerprint density at radius 2 is 1.88 bits per heavy atom. The van der Waals surface area contributed by atoms with Crippen LogP contribution < -0.4 is 15.4 Å².